The van der Waals surface area contributed by atoms with Crippen molar-refractivity contribution in [3.05, 3.63) is 33.9 Å². The Hall–Kier alpha value is -2.89. The molecule has 2 aromatic rings. The van der Waals surface area contributed by atoms with Crippen molar-refractivity contribution in [3.8, 4) is 6.07 Å². The van der Waals surface area contributed by atoms with Crippen LogP contribution < -0.4 is 10.5 Å². The number of carbonyl (C=O) groups excluding carboxylic acids is 1. The number of nitrogens with zero attached hydrogens (tertiary/aromatic N) is 3. The van der Waals surface area contributed by atoms with E-state index in [-0.39, 0.29) is 22.2 Å². The summed E-state index contributed by atoms with van der Waals surface area (Å²) in [7, 11) is 0. The molecule has 1 N–H and O–H groups in total. The highest BCUT2D eigenvalue weighted by molar-refractivity contribution is 6.03. The Bertz CT molecular complexity index is 1040. The lowest BCUT2D eigenvalue weighted by Crippen LogP contribution is -2.36. The molecular weight excluding hydrogens is 361 g/mol. The Morgan fingerprint density at radius 2 is 1.93 bits per heavy atom. The van der Waals surface area contributed by atoms with E-state index in [1.807, 2.05) is 11.0 Å². The van der Waals surface area contributed by atoms with Crippen molar-refractivity contribution in [1.82, 2.24) is 9.97 Å². The van der Waals surface area contributed by atoms with E-state index in [2.05, 4.69) is 9.97 Å². The standard InChI is InChI=1S/C18H15F3N4O2/c19-18(20,21)15(26)12-7-10-13(9-23-12)24-16(27)11(8-22)14(10)25-5-3-17(1-2-17)4-6-25/h7,9H,1-6H2,(H,24,27). The zero-order valence-corrected chi connectivity index (χ0v) is 14.2. The molecule has 0 radical (unpaired) electrons. The number of alkyl halides is 3. The van der Waals surface area contributed by atoms with Gasteiger partial charge in [-0.1, -0.05) is 0 Å². The van der Waals surface area contributed by atoms with Gasteiger partial charge in [0.05, 0.1) is 17.4 Å². The van der Waals surface area contributed by atoms with Crippen molar-refractivity contribution in [2.24, 2.45) is 5.41 Å². The number of anilines is 1. The summed E-state index contributed by atoms with van der Waals surface area (Å²) in [6.45, 7) is 1.22. The van der Waals surface area contributed by atoms with Crippen LogP contribution in [0.25, 0.3) is 10.9 Å². The average molecular weight is 376 g/mol. The first-order valence-corrected chi connectivity index (χ1v) is 8.57. The summed E-state index contributed by atoms with van der Waals surface area (Å²) in [4.78, 5) is 31.7. The second-order valence-corrected chi connectivity index (χ2v) is 7.22. The molecule has 1 aliphatic carbocycles. The molecule has 140 valence electrons. The van der Waals surface area contributed by atoms with Crippen LogP contribution in [0.2, 0.25) is 0 Å². The summed E-state index contributed by atoms with van der Waals surface area (Å²) in [5, 5.41) is 9.68. The summed E-state index contributed by atoms with van der Waals surface area (Å²) in [5.74, 6) is -2.06. The molecule has 2 aliphatic rings. The van der Waals surface area contributed by atoms with Crippen molar-refractivity contribution in [2.75, 3.05) is 18.0 Å². The number of ketones is 1. The third-order valence-corrected chi connectivity index (χ3v) is 5.57. The number of nitriles is 1. The van der Waals surface area contributed by atoms with Crippen LogP contribution in [0, 0.1) is 16.7 Å². The number of pyridine rings is 2. The quantitative estimate of drug-likeness (QED) is 0.814. The van der Waals surface area contributed by atoms with E-state index in [0.717, 1.165) is 37.9 Å². The first-order valence-electron chi connectivity index (χ1n) is 8.57. The van der Waals surface area contributed by atoms with E-state index >= 15 is 0 Å². The maximum Gasteiger partial charge on any atom is 0.456 e. The first-order chi connectivity index (χ1) is 12.7. The van der Waals surface area contributed by atoms with E-state index in [0.29, 0.717) is 18.5 Å². The molecule has 0 bridgehead atoms. The SMILES string of the molecule is N#Cc1c(N2CCC3(CC2)CC3)c2cc(C(=O)C(F)(F)F)ncc2[nH]c1=O. The van der Waals surface area contributed by atoms with Gasteiger partial charge in [-0.25, -0.2) is 0 Å². The van der Waals surface area contributed by atoms with Crippen LogP contribution in [-0.2, 0) is 0 Å². The fourth-order valence-electron chi connectivity index (χ4n) is 3.76. The van der Waals surface area contributed by atoms with Crippen molar-refractivity contribution >= 4 is 22.4 Å². The fourth-order valence-corrected chi connectivity index (χ4v) is 3.76. The molecule has 0 aromatic carbocycles. The minimum absolute atomic E-state index is 0.161. The molecular formula is C18H15F3N4O2. The van der Waals surface area contributed by atoms with Crippen LogP contribution in [0.4, 0.5) is 18.9 Å². The summed E-state index contributed by atoms with van der Waals surface area (Å²) in [6, 6.07) is 2.87. The zero-order chi connectivity index (χ0) is 19.4. The van der Waals surface area contributed by atoms with Gasteiger partial charge in [-0.05, 0) is 37.2 Å². The van der Waals surface area contributed by atoms with Gasteiger partial charge in [0.25, 0.3) is 11.3 Å². The number of H-pyrrole nitrogens is 1. The lowest BCUT2D eigenvalue weighted by molar-refractivity contribution is -0.0888. The third kappa shape index (κ3) is 2.95. The normalized spacial score (nSPS) is 18.5. The molecule has 1 saturated carbocycles. The number of hydrogen-bond acceptors (Lipinski definition) is 5. The van der Waals surface area contributed by atoms with Crippen LogP contribution in [-0.4, -0.2) is 35.0 Å². The van der Waals surface area contributed by atoms with Gasteiger partial charge in [-0.2, -0.15) is 18.4 Å². The van der Waals surface area contributed by atoms with Gasteiger partial charge >= 0.3 is 6.18 Å². The maximum absolute atomic E-state index is 12.8. The van der Waals surface area contributed by atoms with Crippen LogP contribution in [0.5, 0.6) is 0 Å². The lowest BCUT2D eigenvalue weighted by atomic mass is 9.92. The van der Waals surface area contributed by atoms with Gasteiger partial charge in [0.15, 0.2) is 0 Å². The summed E-state index contributed by atoms with van der Waals surface area (Å²) >= 11 is 0. The van der Waals surface area contributed by atoms with Gasteiger partial charge in [0, 0.05) is 18.5 Å². The Morgan fingerprint density at radius 3 is 2.48 bits per heavy atom. The van der Waals surface area contributed by atoms with E-state index in [1.165, 1.54) is 0 Å². The second kappa shape index (κ2) is 5.81. The van der Waals surface area contributed by atoms with E-state index in [1.54, 1.807) is 0 Å². The highest BCUT2D eigenvalue weighted by Gasteiger charge is 2.45. The number of fused-ring (bicyclic) bond motifs is 1. The molecule has 1 saturated heterocycles. The number of carbonyl (C=O) groups is 1. The molecule has 2 fully saturated rings. The zero-order valence-electron chi connectivity index (χ0n) is 14.2. The molecule has 6 nitrogen and oxygen atoms in total. The van der Waals surface area contributed by atoms with Crippen LogP contribution in [0.3, 0.4) is 0 Å². The number of hydrogen-bond donors (Lipinski definition) is 1. The van der Waals surface area contributed by atoms with E-state index < -0.39 is 23.2 Å². The molecule has 2 aromatic heterocycles. The molecule has 1 aliphatic heterocycles. The molecule has 9 heteroatoms. The van der Waals surface area contributed by atoms with Gasteiger partial charge in [-0.15, -0.1) is 0 Å². The minimum atomic E-state index is -5.05. The Morgan fingerprint density at radius 1 is 1.26 bits per heavy atom. The van der Waals surface area contributed by atoms with Gasteiger partial charge < -0.3 is 9.88 Å². The molecule has 27 heavy (non-hydrogen) atoms. The Balaban J connectivity index is 1.87. The number of rotatable bonds is 2. The van der Waals surface area contributed by atoms with Crippen molar-refractivity contribution < 1.29 is 18.0 Å². The highest BCUT2D eigenvalue weighted by atomic mass is 19.4. The van der Waals surface area contributed by atoms with Crippen molar-refractivity contribution in [3.63, 3.8) is 0 Å². The molecule has 4 rings (SSSR count). The minimum Gasteiger partial charge on any atom is -0.370 e. The summed E-state index contributed by atoms with van der Waals surface area (Å²) < 4.78 is 38.3. The molecule has 0 unspecified atom stereocenters. The number of aromatic amines is 1. The van der Waals surface area contributed by atoms with E-state index in [9.17, 15) is 28.0 Å². The van der Waals surface area contributed by atoms with E-state index in [4.69, 9.17) is 0 Å². The maximum atomic E-state index is 12.8. The topological polar surface area (TPSA) is 89.8 Å². The summed E-state index contributed by atoms with van der Waals surface area (Å²) in [5.41, 5.74) is -0.721. The second-order valence-electron chi connectivity index (χ2n) is 7.22. The predicted molar refractivity (Wildman–Crippen MR) is 90.6 cm³/mol. The van der Waals surface area contributed by atoms with Gasteiger partial charge in [-0.3, -0.25) is 14.6 Å². The third-order valence-electron chi connectivity index (χ3n) is 5.57. The van der Waals surface area contributed by atoms with Crippen LogP contribution >= 0.6 is 0 Å². The van der Waals surface area contributed by atoms with Crippen LogP contribution in [0.15, 0.2) is 17.1 Å². The smallest absolute Gasteiger partial charge is 0.370 e. The monoisotopic (exact) mass is 376 g/mol. The van der Waals surface area contributed by atoms with Crippen molar-refractivity contribution in [2.45, 2.75) is 31.9 Å². The molecule has 0 atom stereocenters. The predicted octanol–water partition coefficient (Wildman–Crippen LogP) is 2.92. The lowest BCUT2D eigenvalue weighted by Gasteiger charge is -2.34. The van der Waals surface area contributed by atoms with Gasteiger partial charge in [0.1, 0.15) is 17.3 Å². The van der Waals surface area contributed by atoms with Crippen molar-refractivity contribution in [1.29, 1.82) is 5.26 Å². The molecule has 0 amide bonds. The fraction of sp³-hybridized carbons (Fsp3) is 0.444. The Labute approximate surface area is 151 Å². The number of nitrogens with one attached hydrogen (secondary N) is 1. The Kier molecular flexibility index (Phi) is 3.77. The summed E-state index contributed by atoms with van der Waals surface area (Å²) in [6.07, 6.45) is 0.126. The number of halogens is 3. The molecule has 3 heterocycles. The molecule has 1 spiro atoms. The largest absolute Gasteiger partial charge is 0.456 e. The number of aromatic nitrogens is 2. The first kappa shape index (κ1) is 17.5. The van der Waals surface area contributed by atoms with Crippen LogP contribution in [0.1, 0.15) is 41.7 Å². The van der Waals surface area contributed by atoms with Gasteiger partial charge in [0.2, 0.25) is 0 Å². The number of piperidine rings is 1. The average Bonchev–Trinajstić information content (AvgIpc) is 3.39. The highest BCUT2D eigenvalue weighted by Crippen LogP contribution is 2.54. The number of Topliss-reactive ketones (excluding diaryl/α,β-unsaturated/α-hetero) is 1.